The molecule has 4 aromatic rings. The van der Waals surface area contributed by atoms with Crippen molar-refractivity contribution in [3.05, 3.63) is 89.2 Å². The van der Waals surface area contributed by atoms with Crippen LogP contribution in [0.5, 0.6) is 11.5 Å². The molecule has 8 nitrogen and oxygen atoms in total. The molecule has 190 valence electrons. The quantitative estimate of drug-likeness (QED) is 0.237. The van der Waals surface area contributed by atoms with E-state index in [1.807, 2.05) is 19.1 Å². The number of methoxy groups -OCH3 is 1. The highest BCUT2D eigenvalue weighted by Gasteiger charge is 2.24. The fourth-order valence-corrected chi connectivity index (χ4v) is 4.15. The number of amides is 2. The first-order chi connectivity index (χ1) is 17.8. The summed E-state index contributed by atoms with van der Waals surface area (Å²) in [5, 5.41) is 16.1. The Balaban J connectivity index is 1.67. The monoisotopic (exact) mass is 519 g/mol. The van der Waals surface area contributed by atoms with Crippen LogP contribution in [0.2, 0.25) is 5.15 Å². The molecule has 0 unspecified atom stereocenters. The van der Waals surface area contributed by atoms with Gasteiger partial charge in [-0.15, -0.1) is 0 Å². The van der Waals surface area contributed by atoms with E-state index in [-0.39, 0.29) is 28.9 Å². The van der Waals surface area contributed by atoms with E-state index in [4.69, 9.17) is 21.1 Å². The molecule has 0 bridgehead atoms. The number of para-hydroxylation sites is 1. The van der Waals surface area contributed by atoms with Crippen LogP contribution in [-0.2, 0) is 4.74 Å². The number of urea groups is 1. The van der Waals surface area contributed by atoms with Crippen LogP contribution in [0, 0.1) is 6.92 Å². The van der Waals surface area contributed by atoms with Gasteiger partial charge in [0, 0.05) is 23.0 Å². The van der Waals surface area contributed by atoms with Gasteiger partial charge in [-0.1, -0.05) is 53.6 Å². The summed E-state index contributed by atoms with van der Waals surface area (Å²) in [6, 6.07) is 20.6. The van der Waals surface area contributed by atoms with Crippen molar-refractivity contribution in [1.82, 2.24) is 4.57 Å². The molecule has 1 heterocycles. The lowest BCUT2D eigenvalue weighted by atomic mass is 10.0. The molecule has 37 heavy (non-hydrogen) atoms. The van der Waals surface area contributed by atoms with Gasteiger partial charge in [0.05, 0.1) is 19.4 Å². The van der Waals surface area contributed by atoms with Crippen molar-refractivity contribution in [2.45, 2.75) is 13.8 Å². The largest absolute Gasteiger partial charge is 0.504 e. The van der Waals surface area contributed by atoms with Crippen molar-refractivity contribution < 1.29 is 24.2 Å². The van der Waals surface area contributed by atoms with Gasteiger partial charge in [0.25, 0.3) is 0 Å². The number of ether oxygens (including phenoxy) is 2. The van der Waals surface area contributed by atoms with Crippen molar-refractivity contribution in [3.8, 4) is 28.3 Å². The Morgan fingerprint density at radius 3 is 2.35 bits per heavy atom. The number of nitrogens with one attached hydrogen (secondary N) is 2. The van der Waals surface area contributed by atoms with Crippen LogP contribution in [0.15, 0.2) is 72.8 Å². The Labute approximate surface area is 219 Å². The van der Waals surface area contributed by atoms with Gasteiger partial charge in [-0.2, -0.15) is 0 Å². The van der Waals surface area contributed by atoms with Crippen molar-refractivity contribution in [2.75, 3.05) is 24.4 Å². The predicted molar refractivity (Wildman–Crippen MR) is 144 cm³/mol. The van der Waals surface area contributed by atoms with Crippen LogP contribution in [-0.4, -0.2) is 35.4 Å². The molecule has 3 aromatic carbocycles. The number of phenolic OH excluding ortho intramolecular Hbond substituents is 1. The summed E-state index contributed by atoms with van der Waals surface area (Å²) in [5.74, 6) is -0.260. The number of anilines is 2. The molecule has 9 heteroatoms. The van der Waals surface area contributed by atoms with Crippen LogP contribution in [0.3, 0.4) is 0 Å². The Kier molecular flexibility index (Phi) is 7.69. The number of rotatable bonds is 7. The van der Waals surface area contributed by atoms with Gasteiger partial charge in [0.1, 0.15) is 5.15 Å². The summed E-state index contributed by atoms with van der Waals surface area (Å²) in [4.78, 5) is 25.6. The Morgan fingerprint density at radius 2 is 1.70 bits per heavy atom. The predicted octanol–water partition coefficient (Wildman–Crippen LogP) is 6.64. The van der Waals surface area contributed by atoms with E-state index in [1.165, 1.54) is 17.7 Å². The highest BCUT2D eigenvalue weighted by Crippen LogP contribution is 2.37. The third-order valence-corrected chi connectivity index (χ3v) is 5.92. The minimum absolute atomic E-state index is 0.0232. The van der Waals surface area contributed by atoms with Crippen molar-refractivity contribution in [3.63, 3.8) is 0 Å². The number of aryl methyl sites for hydroxylation is 1. The lowest BCUT2D eigenvalue weighted by Crippen LogP contribution is -2.21. The zero-order chi connectivity index (χ0) is 26.5. The van der Waals surface area contributed by atoms with E-state index < -0.39 is 12.0 Å². The molecule has 0 radical (unpaired) electrons. The molecule has 2 amide bonds. The molecule has 0 atom stereocenters. The molecular weight excluding hydrogens is 494 g/mol. The van der Waals surface area contributed by atoms with Crippen LogP contribution in [0.1, 0.15) is 23.0 Å². The third kappa shape index (κ3) is 5.54. The first kappa shape index (κ1) is 25.7. The van der Waals surface area contributed by atoms with Gasteiger partial charge in [0.15, 0.2) is 17.2 Å². The smallest absolute Gasteiger partial charge is 0.357 e. The minimum atomic E-state index is -0.644. The molecule has 0 aliphatic rings. The normalized spacial score (nSPS) is 10.6. The summed E-state index contributed by atoms with van der Waals surface area (Å²) < 4.78 is 11.9. The Hall–Kier alpha value is -4.43. The van der Waals surface area contributed by atoms with E-state index in [9.17, 15) is 14.7 Å². The van der Waals surface area contributed by atoms with Crippen LogP contribution < -0.4 is 15.4 Å². The number of esters is 1. The highest BCUT2D eigenvalue weighted by molar-refractivity contribution is 6.31. The molecule has 0 fully saturated rings. The van der Waals surface area contributed by atoms with Crippen molar-refractivity contribution in [1.29, 1.82) is 0 Å². The average Bonchev–Trinajstić information content (AvgIpc) is 3.21. The number of nitrogens with zero attached hydrogens (tertiary/aromatic N) is 1. The first-order valence-corrected chi connectivity index (χ1v) is 11.9. The highest BCUT2D eigenvalue weighted by atomic mass is 35.5. The summed E-state index contributed by atoms with van der Waals surface area (Å²) in [6.07, 6.45) is 0. The number of aromatic hydroxyl groups is 1. The molecule has 0 spiro atoms. The van der Waals surface area contributed by atoms with E-state index >= 15 is 0 Å². The lowest BCUT2D eigenvalue weighted by Gasteiger charge is -2.14. The number of carbonyl (C=O) groups is 2. The molecule has 0 saturated heterocycles. The topological polar surface area (TPSA) is 102 Å². The van der Waals surface area contributed by atoms with Gasteiger partial charge in [-0.25, -0.2) is 9.59 Å². The van der Waals surface area contributed by atoms with Gasteiger partial charge in [-0.05, 0) is 49.7 Å². The Morgan fingerprint density at radius 1 is 1.00 bits per heavy atom. The van der Waals surface area contributed by atoms with E-state index in [0.29, 0.717) is 22.7 Å². The zero-order valence-electron chi connectivity index (χ0n) is 20.5. The maximum absolute atomic E-state index is 12.9. The zero-order valence-corrected chi connectivity index (χ0v) is 21.3. The summed E-state index contributed by atoms with van der Waals surface area (Å²) >= 11 is 6.54. The molecule has 4 rings (SSSR count). The number of phenols is 1. The third-order valence-electron chi connectivity index (χ3n) is 5.64. The fraction of sp³-hybridized carbons (Fsp3) is 0.143. The van der Waals surface area contributed by atoms with Crippen LogP contribution in [0.4, 0.5) is 16.2 Å². The number of hydrogen-bond acceptors (Lipinski definition) is 5. The van der Waals surface area contributed by atoms with Gasteiger partial charge in [0.2, 0.25) is 0 Å². The lowest BCUT2D eigenvalue weighted by molar-refractivity contribution is 0.0518. The number of aromatic nitrogens is 1. The fourth-order valence-electron chi connectivity index (χ4n) is 3.86. The molecular formula is C28H26ClN3O5. The van der Waals surface area contributed by atoms with Gasteiger partial charge in [-0.3, -0.25) is 4.57 Å². The standard InChI is InChI=1S/C28H26ClN3O5/c1-4-37-27(34)25-22(31-28(35)30-19-12-8-17(2)9-13-19)16-24(29)32(25)20-14-10-18(11-15-20)21-6-5-7-23(36-3)26(21)33/h5-16,33H,4H2,1-3H3,(H2,30,31,35). The summed E-state index contributed by atoms with van der Waals surface area (Å²) in [7, 11) is 1.49. The number of halogens is 1. The number of hydrogen-bond donors (Lipinski definition) is 3. The molecule has 0 aliphatic carbocycles. The van der Waals surface area contributed by atoms with Crippen LogP contribution in [0.25, 0.3) is 16.8 Å². The summed E-state index contributed by atoms with van der Waals surface area (Å²) in [5.41, 5.74) is 3.81. The molecule has 0 saturated carbocycles. The maximum atomic E-state index is 12.9. The van der Waals surface area contributed by atoms with Crippen molar-refractivity contribution in [2.24, 2.45) is 0 Å². The van der Waals surface area contributed by atoms with E-state index in [2.05, 4.69) is 10.6 Å². The second kappa shape index (κ2) is 11.1. The molecule has 0 aliphatic heterocycles. The number of benzene rings is 3. The Bertz CT molecular complexity index is 1430. The maximum Gasteiger partial charge on any atom is 0.357 e. The van der Waals surface area contributed by atoms with Crippen LogP contribution >= 0.6 is 11.6 Å². The van der Waals surface area contributed by atoms with E-state index in [1.54, 1.807) is 61.5 Å². The van der Waals surface area contributed by atoms with Gasteiger partial charge >= 0.3 is 12.0 Å². The first-order valence-electron chi connectivity index (χ1n) is 11.5. The van der Waals surface area contributed by atoms with E-state index in [0.717, 1.165) is 11.1 Å². The SMILES string of the molecule is CCOC(=O)c1c(NC(=O)Nc2ccc(C)cc2)cc(Cl)n1-c1ccc(-c2cccc(OC)c2O)cc1. The van der Waals surface area contributed by atoms with Crippen molar-refractivity contribution >= 4 is 35.0 Å². The summed E-state index contributed by atoms with van der Waals surface area (Å²) in [6.45, 7) is 3.79. The second-order valence-corrected chi connectivity index (χ2v) is 8.52. The second-order valence-electron chi connectivity index (χ2n) is 8.13. The molecule has 3 N–H and O–H groups in total. The van der Waals surface area contributed by atoms with Gasteiger partial charge < -0.3 is 25.2 Å². The average molecular weight is 520 g/mol. The number of carbonyl (C=O) groups excluding carboxylic acids is 2. The minimum Gasteiger partial charge on any atom is -0.504 e. The molecule has 1 aromatic heterocycles.